The van der Waals surface area contributed by atoms with Gasteiger partial charge in [-0.2, -0.15) is 0 Å². The second-order valence-corrected chi connectivity index (χ2v) is 1.48. The number of rotatable bonds is 0. The Hall–Kier alpha value is -0.630. The monoisotopic (exact) mass is 115 g/mol. The molecule has 0 aliphatic rings. The van der Waals surface area contributed by atoms with Gasteiger partial charge in [0.05, 0.1) is 0 Å². The number of hydrogen-bond acceptors (Lipinski definition) is 1. The Balaban J connectivity index is 3.02. The minimum atomic E-state index is 0.488. The largest absolute Gasteiger partial charge is 0.196 e. The average Bonchev–Trinajstić information content (AvgIpc) is 1.69. The van der Waals surface area contributed by atoms with Crippen LogP contribution in [-0.4, -0.2) is 5.10 Å². The third-order valence-corrected chi connectivity index (χ3v) is 0.786. The Kier molecular flexibility index (Phi) is 1.22. The van der Waals surface area contributed by atoms with Gasteiger partial charge in [0.2, 0.25) is 0 Å². The summed E-state index contributed by atoms with van der Waals surface area (Å²) in [6, 6.07) is 3.49. The van der Waals surface area contributed by atoms with Gasteiger partial charge in [0.25, 0.3) is 0 Å². The number of nitrogens with one attached hydrogen (secondary N) is 1. The first kappa shape index (κ1) is 4.53. The highest BCUT2D eigenvalue weighted by atomic mass is 35.5. The summed E-state index contributed by atoms with van der Waals surface area (Å²) >= 11 is 5.40. The molecule has 36 valence electrons. The van der Waals surface area contributed by atoms with Gasteiger partial charge in [-0.05, 0) is 6.07 Å². The molecular weight excluding hydrogens is 112 g/mol. The maximum absolute atomic E-state index is 5.40. The molecule has 1 aromatic rings. The van der Waals surface area contributed by atoms with E-state index in [9.17, 15) is 0 Å². The Morgan fingerprint density at radius 3 is 2.86 bits per heavy atom. The van der Waals surface area contributed by atoms with E-state index in [4.69, 9.17) is 11.6 Å². The molecule has 0 unspecified atom stereocenters. The van der Waals surface area contributed by atoms with Crippen molar-refractivity contribution >= 4 is 11.6 Å². The Bertz CT molecular complexity index is 140. The second-order valence-electron chi connectivity index (χ2n) is 1.09. The number of H-pyrrole nitrogens is 1. The lowest BCUT2D eigenvalue weighted by Crippen LogP contribution is -2.04. The topological polar surface area (TPSA) is 27.0 Å². The highest BCUT2D eigenvalue weighted by Crippen LogP contribution is 1.94. The summed E-state index contributed by atoms with van der Waals surface area (Å²) in [5.74, 6) is 0. The lowest BCUT2D eigenvalue weighted by Gasteiger charge is -1.71. The highest BCUT2D eigenvalue weighted by molar-refractivity contribution is 6.29. The Morgan fingerprint density at radius 1 is 1.71 bits per heavy atom. The molecule has 1 rings (SSSR count). The molecule has 0 aliphatic heterocycles. The van der Waals surface area contributed by atoms with Crippen LogP contribution in [0.15, 0.2) is 18.3 Å². The normalized spacial score (nSPS) is 8.71. The maximum atomic E-state index is 5.40. The van der Waals surface area contributed by atoms with Gasteiger partial charge in [-0.1, -0.05) is 11.6 Å². The number of aromatic nitrogens is 2. The fourth-order valence-corrected chi connectivity index (χ4v) is 0.428. The summed E-state index contributed by atoms with van der Waals surface area (Å²) in [6.45, 7) is 0. The molecule has 0 bridgehead atoms. The van der Waals surface area contributed by atoms with Gasteiger partial charge in [0, 0.05) is 11.2 Å². The molecular formula is C4H4ClN2+. The van der Waals surface area contributed by atoms with Crippen LogP contribution in [-0.2, 0) is 0 Å². The molecule has 3 heteroatoms. The van der Waals surface area contributed by atoms with Crippen molar-refractivity contribution in [3.63, 3.8) is 0 Å². The predicted octanol–water partition coefficient (Wildman–Crippen LogP) is 0.549. The van der Waals surface area contributed by atoms with Gasteiger partial charge in [-0.3, -0.25) is 0 Å². The van der Waals surface area contributed by atoms with E-state index in [-0.39, 0.29) is 0 Å². The minimum Gasteiger partial charge on any atom is -0.105 e. The van der Waals surface area contributed by atoms with Crippen molar-refractivity contribution in [2.24, 2.45) is 0 Å². The zero-order valence-electron chi connectivity index (χ0n) is 3.56. The fourth-order valence-electron chi connectivity index (χ4n) is 0.307. The fraction of sp³-hybridized carbons (Fsp3) is 0. The molecule has 1 aromatic heterocycles. The smallest absolute Gasteiger partial charge is 0.105 e. The van der Waals surface area contributed by atoms with Crippen LogP contribution >= 0.6 is 11.6 Å². The van der Waals surface area contributed by atoms with E-state index in [0.717, 1.165) is 0 Å². The number of hydrogen-bond donors (Lipinski definition) is 0. The molecule has 0 saturated carbocycles. The van der Waals surface area contributed by atoms with Gasteiger partial charge >= 0.3 is 0 Å². The lowest BCUT2D eigenvalue weighted by atomic mass is 10.6. The van der Waals surface area contributed by atoms with E-state index in [1.165, 1.54) is 0 Å². The van der Waals surface area contributed by atoms with Crippen LogP contribution in [0.4, 0.5) is 0 Å². The van der Waals surface area contributed by atoms with Crippen LogP contribution in [0.2, 0.25) is 5.15 Å². The van der Waals surface area contributed by atoms with Crippen LogP contribution in [0.5, 0.6) is 0 Å². The zero-order valence-corrected chi connectivity index (χ0v) is 4.31. The van der Waals surface area contributed by atoms with Crippen LogP contribution in [0.3, 0.4) is 0 Å². The SMILES string of the molecule is Clc1ccc[nH+]n1. The molecule has 0 saturated heterocycles. The minimum absolute atomic E-state index is 0.488. The first-order valence-electron chi connectivity index (χ1n) is 1.88. The zero-order chi connectivity index (χ0) is 5.11. The van der Waals surface area contributed by atoms with E-state index in [0.29, 0.717) is 5.15 Å². The molecule has 1 heterocycles. The van der Waals surface area contributed by atoms with Crippen molar-refractivity contribution in [2.45, 2.75) is 0 Å². The van der Waals surface area contributed by atoms with Gasteiger partial charge in [-0.15, -0.1) is 5.10 Å². The number of halogens is 1. The summed E-state index contributed by atoms with van der Waals surface area (Å²) in [5, 5.41) is 6.69. The quantitative estimate of drug-likeness (QED) is 0.485. The first-order chi connectivity index (χ1) is 3.39. The number of aromatic amines is 1. The average molecular weight is 116 g/mol. The molecule has 0 spiro atoms. The van der Waals surface area contributed by atoms with E-state index in [1.807, 2.05) is 0 Å². The van der Waals surface area contributed by atoms with Gasteiger partial charge in [0.1, 0.15) is 0 Å². The van der Waals surface area contributed by atoms with Gasteiger partial charge in [-0.25, -0.2) is 0 Å². The molecule has 0 aliphatic carbocycles. The lowest BCUT2D eigenvalue weighted by molar-refractivity contribution is -0.454. The van der Waals surface area contributed by atoms with Crippen molar-refractivity contribution in [2.75, 3.05) is 0 Å². The van der Waals surface area contributed by atoms with Crippen molar-refractivity contribution in [1.29, 1.82) is 0 Å². The molecule has 0 amide bonds. The van der Waals surface area contributed by atoms with Crippen molar-refractivity contribution < 1.29 is 5.10 Å². The van der Waals surface area contributed by atoms with E-state index in [1.54, 1.807) is 18.3 Å². The summed E-state index contributed by atoms with van der Waals surface area (Å²) in [4.78, 5) is 0. The molecule has 0 fully saturated rings. The Labute approximate surface area is 46.1 Å². The first-order valence-corrected chi connectivity index (χ1v) is 2.26. The molecule has 7 heavy (non-hydrogen) atoms. The van der Waals surface area contributed by atoms with E-state index < -0.39 is 0 Å². The molecule has 0 aromatic carbocycles. The van der Waals surface area contributed by atoms with Crippen LogP contribution in [0, 0.1) is 0 Å². The summed E-state index contributed by atoms with van der Waals surface area (Å²) in [5.41, 5.74) is 0. The van der Waals surface area contributed by atoms with Crippen LogP contribution in [0.1, 0.15) is 0 Å². The third kappa shape index (κ3) is 1.12. The molecule has 1 N–H and O–H groups in total. The van der Waals surface area contributed by atoms with E-state index >= 15 is 0 Å². The van der Waals surface area contributed by atoms with Crippen LogP contribution < -0.4 is 5.10 Å². The van der Waals surface area contributed by atoms with Crippen molar-refractivity contribution in [1.82, 2.24) is 5.10 Å². The van der Waals surface area contributed by atoms with Crippen LogP contribution in [0.25, 0.3) is 0 Å². The molecule has 2 nitrogen and oxygen atoms in total. The van der Waals surface area contributed by atoms with Gasteiger partial charge in [0.15, 0.2) is 11.3 Å². The summed E-state index contributed by atoms with van der Waals surface area (Å²) in [6.07, 6.45) is 1.70. The molecule has 0 radical (unpaired) electrons. The standard InChI is InChI=1S/C4H3ClN2/c5-4-2-1-3-6-7-4/h1-3H/p+1. The molecule has 0 atom stereocenters. The second kappa shape index (κ2) is 1.89. The van der Waals surface area contributed by atoms with Gasteiger partial charge < -0.3 is 0 Å². The third-order valence-electron chi connectivity index (χ3n) is 0.576. The summed E-state index contributed by atoms with van der Waals surface area (Å²) < 4.78 is 0. The maximum Gasteiger partial charge on any atom is 0.196 e. The summed E-state index contributed by atoms with van der Waals surface area (Å²) in [7, 11) is 0. The highest BCUT2D eigenvalue weighted by Gasteiger charge is 1.83. The predicted molar refractivity (Wildman–Crippen MR) is 25.8 cm³/mol. The van der Waals surface area contributed by atoms with Crippen molar-refractivity contribution in [3.05, 3.63) is 23.5 Å². The number of nitrogens with zero attached hydrogens (tertiary/aromatic N) is 1. The van der Waals surface area contributed by atoms with E-state index in [2.05, 4.69) is 10.2 Å². The van der Waals surface area contributed by atoms with Crippen molar-refractivity contribution in [3.8, 4) is 0 Å². The Morgan fingerprint density at radius 2 is 2.57 bits per heavy atom.